The van der Waals surface area contributed by atoms with Crippen molar-refractivity contribution in [2.75, 3.05) is 11.9 Å². The molecule has 0 saturated heterocycles. The van der Waals surface area contributed by atoms with Crippen molar-refractivity contribution in [3.05, 3.63) is 44.7 Å². The molecule has 0 spiro atoms. The Hall–Kier alpha value is -1.59. The zero-order chi connectivity index (χ0) is 13.8. The lowest BCUT2D eigenvalue weighted by atomic mass is 10.2. The molecule has 4 nitrogen and oxygen atoms in total. The van der Waals surface area contributed by atoms with Crippen molar-refractivity contribution >= 4 is 34.7 Å². The molecule has 0 aliphatic rings. The van der Waals surface area contributed by atoms with Crippen LogP contribution in [-0.4, -0.2) is 22.6 Å². The van der Waals surface area contributed by atoms with Crippen LogP contribution in [0.4, 0.5) is 5.82 Å². The van der Waals surface area contributed by atoms with Gasteiger partial charge in [-0.1, -0.05) is 11.6 Å². The molecular formula is C13H13ClN2O2S. The van der Waals surface area contributed by atoms with Crippen LogP contribution < -0.4 is 5.32 Å². The standard InChI is InChI=1S/C13H13ClN2O2S/c1-8-6-9(13(17)18)7-12(16-8)15-5-4-10-2-3-11(14)19-10/h2-3,6-7H,4-5H2,1H3,(H,15,16)(H,17,18). The number of hydrogen-bond donors (Lipinski definition) is 2. The van der Waals surface area contributed by atoms with Gasteiger partial charge in [-0.25, -0.2) is 9.78 Å². The minimum atomic E-state index is -0.946. The normalized spacial score (nSPS) is 10.4. The SMILES string of the molecule is Cc1cc(C(=O)O)cc(NCCc2ccc(Cl)s2)n1. The molecule has 0 atom stereocenters. The van der Waals surface area contributed by atoms with Gasteiger partial charge < -0.3 is 10.4 Å². The number of aromatic nitrogens is 1. The highest BCUT2D eigenvalue weighted by Crippen LogP contribution is 2.21. The molecule has 0 aliphatic heterocycles. The molecule has 2 aromatic rings. The number of nitrogens with zero attached hydrogens (tertiary/aromatic N) is 1. The van der Waals surface area contributed by atoms with Gasteiger partial charge in [0.15, 0.2) is 0 Å². The zero-order valence-corrected chi connectivity index (χ0v) is 11.9. The summed E-state index contributed by atoms with van der Waals surface area (Å²) in [7, 11) is 0. The van der Waals surface area contributed by atoms with Crippen molar-refractivity contribution < 1.29 is 9.90 Å². The monoisotopic (exact) mass is 296 g/mol. The Balaban J connectivity index is 1.97. The van der Waals surface area contributed by atoms with Gasteiger partial charge >= 0.3 is 5.97 Å². The lowest BCUT2D eigenvalue weighted by Gasteiger charge is -2.06. The van der Waals surface area contributed by atoms with E-state index in [4.69, 9.17) is 16.7 Å². The summed E-state index contributed by atoms with van der Waals surface area (Å²) in [4.78, 5) is 16.4. The molecule has 0 bridgehead atoms. The van der Waals surface area contributed by atoms with Crippen molar-refractivity contribution in [2.45, 2.75) is 13.3 Å². The predicted molar refractivity (Wildman–Crippen MR) is 77.5 cm³/mol. The third-order valence-corrected chi connectivity index (χ3v) is 3.80. The maximum absolute atomic E-state index is 10.9. The number of carboxylic acids is 1. The zero-order valence-electron chi connectivity index (χ0n) is 10.3. The van der Waals surface area contributed by atoms with Gasteiger partial charge in [-0.05, 0) is 37.6 Å². The second-order valence-corrected chi connectivity index (χ2v) is 5.87. The summed E-state index contributed by atoms with van der Waals surface area (Å²) < 4.78 is 0.775. The summed E-state index contributed by atoms with van der Waals surface area (Å²) in [6.07, 6.45) is 0.829. The van der Waals surface area contributed by atoms with Gasteiger partial charge in [0, 0.05) is 17.1 Å². The van der Waals surface area contributed by atoms with E-state index in [0.717, 1.165) is 10.8 Å². The van der Waals surface area contributed by atoms with E-state index < -0.39 is 5.97 Å². The molecule has 19 heavy (non-hydrogen) atoms. The van der Waals surface area contributed by atoms with Crippen LogP contribution in [0, 0.1) is 6.92 Å². The maximum atomic E-state index is 10.9. The molecule has 0 radical (unpaired) electrons. The van der Waals surface area contributed by atoms with Crippen LogP contribution in [0.5, 0.6) is 0 Å². The van der Waals surface area contributed by atoms with Crippen LogP contribution in [0.15, 0.2) is 24.3 Å². The number of aryl methyl sites for hydroxylation is 1. The Morgan fingerprint density at radius 3 is 2.89 bits per heavy atom. The molecule has 0 unspecified atom stereocenters. The molecule has 2 heterocycles. The van der Waals surface area contributed by atoms with Crippen molar-refractivity contribution in [2.24, 2.45) is 0 Å². The molecule has 100 valence electrons. The van der Waals surface area contributed by atoms with E-state index in [-0.39, 0.29) is 5.56 Å². The summed E-state index contributed by atoms with van der Waals surface area (Å²) in [5.41, 5.74) is 0.927. The fourth-order valence-electron chi connectivity index (χ4n) is 1.68. The smallest absolute Gasteiger partial charge is 0.335 e. The highest BCUT2D eigenvalue weighted by molar-refractivity contribution is 7.16. The Morgan fingerprint density at radius 2 is 2.26 bits per heavy atom. The first-order valence-electron chi connectivity index (χ1n) is 5.74. The summed E-state index contributed by atoms with van der Waals surface area (Å²) in [6.45, 7) is 2.46. The molecule has 2 rings (SSSR count). The lowest BCUT2D eigenvalue weighted by Crippen LogP contribution is -2.08. The highest BCUT2D eigenvalue weighted by atomic mass is 35.5. The van der Waals surface area contributed by atoms with Crippen molar-refractivity contribution in [1.82, 2.24) is 4.98 Å². The number of anilines is 1. The van der Waals surface area contributed by atoms with Gasteiger partial charge in [-0.2, -0.15) is 0 Å². The summed E-state index contributed by atoms with van der Waals surface area (Å²) >= 11 is 7.40. The first-order valence-corrected chi connectivity index (χ1v) is 6.94. The number of aromatic carboxylic acids is 1. The molecular weight excluding hydrogens is 284 g/mol. The van der Waals surface area contributed by atoms with Crippen LogP contribution in [0.3, 0.4) is 0 Å². The Labute approximate surface area is 120 Å². The molecule has 2 aromatic heterocycles. The van der Waals surface area contributed by atoms with Gasteiger partial charge in [-0.15, -0.1) is 11.3 Å². The van der Waals surface area contributed by atoms with Crippen LogP contribution in [-0.2, 0) is 6.42 Å². The van der Waals surface area contributed by atoms with E-state index >= 15 is 0 Å². The van der Waals surface area contributed by atoms with Crippen LogP contribution in [0.2, 0.25) is 4.34 Å². The molecule has 2 N–H and O–H groups in total. The first kappa shape index (κ1) is 13.8. The van der Waals surface area contributed by atoms with E-state index in [2.05, 4.69) is 10.3 Å². The minimum Gasteiger partial charge on any atom is -0.478 e. The number of rotatable bonds is 5. The topological polar surface area (TPSA) is 62.2 Å². The Kier molecular flexibility index (Phi) is 4.39. The third kappa shape index (κ3) is 3.94. The van der Waals surface area contributed by atoms with Gasteiger partial charge in [-0.3, -0.25) is 0 Å². The average molecular weight is 297 g/mol. The number of nitrogens with one attached hydrogen (secondary N) is 1. The van der Waals surface area contributed by atoms with Crippen LogP contribution >= 0.6 is 22.9 Å². The average Bonchev–Trinajstić information content (AvgIpc) is 2.74. The van der Waals surface area contributed by atoms with Crippen molar-refractivity contribution in [3.63, 3.8) is 0 Å². The number of pyridine rings is 1. The lowest BCUT2D eigenvalue weighted by molar-refractivity contribution is 0.0696. The van der Waals surface area contributed by atoms with E-state index in [1.165, 1.54) is 10.9 Å². The molecule has 0 amide bonds. The number of hydrogen-bond acceptors (Lipinski definition) is 4. The van der Waals surface area contributed by atoms with Crippen LogP contribution in [0.1, 0.15) is 20.9 Å². The number of thiophene rings is 1. The van der Waals surface area contributed by atoms with Crippen molar-refractivity contribution in [3.8, 4) is 0 Å². The van der Waals surface area contributed by atoms with E-state index in [1.54, 1.807) is 24.3 Å². The number of halogens is 1. The molecule has 0 aromatic carbocycles. The van der Waals surface area contributed by atoms with Crippen molar-refractivity contribution in [1.29, 1.82) is 0 Å². The minimum absolute atomic E-state index is 0.245. The van der Waals surface area contributed by atoms with E-state index in [9.17, 15) is 4.79 Å². The molecule has 6 heteroatoms. The summed E-state index contributed by atoms with van der Waals surface area (Å²) in [5, 5.41) is 12.1. The predicted octanol–water partition coefficient (Wildman–Crippen LogP) is 3.46. The Morgan fingerprint density at radius 1 is 1.47 bits per heavy atom. The maximum Gasteiger partial charge on any atom is 0.335 e. The third-order valence-electron chi connectivity index (χ3n) is 2.51. The van der Waals surface area contributed by atoms with Gasteiger partial charge in [0.2, 0.25) is 0 Å². The number of carboxylic acid groups (broad SMARTS) is 1. The van der Waals surface area contributed by atoms with Gasteiger partial charge in [0.25, 0.3) is 0 Å². The number of carbonyl (C=O) groups is 1. The first-order chi connectivity index (χ1) is 9.04. The quantitative estimate of drug-likeness (QED) is 0.887. The fraction of sp³-hybridized carbons (Fsp3) is 0.231. The summed E-state index contributed by atoms with van der Waals surface area (Å²) in [6, 6.07) is 6.94. The largest absolute Gasteiger partial charge is 0.478 e. The molecule has 0 saturated carbocycles. The van der Waals surface area contributed by atoms with Gasteiger partial charge in [0.1, 0.15) is 5.82 Å². The van der Waals surface area contributed by atoms with E-state index in [1.807, 2.05) is 12.1 Å². The second kappa shape index (κ2) is 6.04. The fourth-order valence-corrected chi connectivity index (χ4v) is 2.77. The van der Waals surface area contributed by atoms with E-state index in [0.29, 0.717) is 18.1 Å². The second-order valence-electron chi connectivity index (χ2n) is 4.07. The highest BCUT2D eigenvalue weighted by Gasteiger charge is 2.06. The van der Waals surface area contributed by atoms with Crippen LogP contribution in [0.25, 0.3) is 0 Å². The Bertz CT molecular complexity index is 598. The van der Waals surface area contributed by atoms with Gasteiger partial charge in [0.05, 0.1) is 9.90 Å². The molecule has 0 aliphatic carbocycles. The molecule has 0 fully saturated rings. The summed E-state index contributed by atoms with van der Waals surface area (Å²) in [5.74, 6) is -0.362.